The molecule has 110 valence electrons. The number of carbonyl (C=O) groups excluding carboxylic acids is 1. The molecule has 0 aromatic carbocycles. The van der Waals surface area contributed by atoms with E-state index in [9.17, 15) is 4.79 Å². The number of hydrogen-bond donors (Lipinski definition) is 1. The summed E-state index contributed by atoms with van der Waals surface area (Å²) < 4.78 is 5.73. The first kappa shape index (κ1) is 14.3. The van der Waals surface area contributed by atoms with E-state index in [0.717, 1.165) is 23.1 Å². The summed E-state index contributed by atoms with van der Waals surface area (Å²) in [6.45, 7) is 2.93. The van der Waals surface area contributed by atoms with Gasteiger partial charge in [0, 0.05) is 48.6 Å². The molecule has 1 aromatic heterocycles. The van der Waals surface area contributed by atoms with Crippen LogP contribution in [-0.4, -0.2) is 59.6 Å². The number of ether oxygens (including phenoxy) is 1. The average molecular weight is 313 g/mol. The number of nitrogens with one attached hydrogen (secondary N) is 1. The van der Waals surface area contributed by atoms with Gasteiger partial charge in [0.1, 0.15) is 11.1 Å². The van der Waals surface area contributed by atoms with Gasteiger partial charge in [0.15, 0.2) is 0 Å². The molecule has 2 saturated heterocycles. The van der Waals surface area contributed by atoms with Gasteiger partial charge >= 0.3 is 0 Å². The summed E-state index contributed by atoms with van der Waals surface area (Å²) in [6, 6.07) is 0.322. The SMILES string of the molecule is O=C(CC1CSCCN1)N1CCOC(c2nccs2)C1. The largest absolute Gasteiger partial charge is 0.367 e. The second-order valence-corrected chi connectivity index (χ2v) is 7.08. The number of carbonyl (C=O) groups is 1. The summed E-state index contributed by atoms with van der Waals surface area (Å²) >= 11 is 3.51. The fourth-order valence-corrected chi connectivity index (χ4v) is 4.14. The third-order valence-corrected chi connectivity index (χ3v) is 5.56. The van der Waals surface area contributed by atoms with Crippen molar-refractivity contribution in [1.29, 1.82) is 0 Å². The minimum atomic E-state index is -0.0543. The molecule has 1 N–H and O–H groups in total. The van der Waals surface area contributed by atoms with Crippen LogP contribution in [-0.2, 0) is 9.53 Å². The zero-order chi connectivity index (χ0) is 13.8. The van der Waals surface area contributed by atoms with Gasteiger partial charge in [-0.05, 0) is 0 Å². The van der Waals surface area contributed by atoms with Crippen LogP contribution in [0.4, 0.5) is 0 Å². The van der Waals surface area contributed by atoms with Crippen LogP contribution in [0.25, 0.3) is 0 Å². The lowest BCUT2D eigenvalue weighted by Gasteiger charge is -2.33. The van der Waals surface area contributed by atoms with Crippen molar-refractivity contribution in [2.45, 2.75) is 18.6 Å². The van der Waals surface area contributed by atoms with Crippen molar-refractivity contribution in [3.63, 3.8) is 0 Å². The predicted octanol–water partition coefficient (Wildman–Crippen LogP) is 1.14. The fourth-order valence-electron chi connectivity index (χ4n) is 2.51. The first-order valence-corrected chi connectivity index (χ1v) is 8.96. The fraction of sp³-hybridized carbons (Fsp3) is 0.692. The number of hydrogen-bond acceptors (Lipinski definition) is 6. The average Bonchev–Trinajstić information content (AvgIpc) is 3.03. The van der Waals surface area contributed by atoms with E-state index < -0.39 is 0 Å². The molecule has 0 spiro atoms. The van der Waals surface area contributed by atoms with Gasteiger partial charge in [-0.2, -0.15) is 11.8 Å². The van der Waals surface area contributed by atoms with Crippen LogP contribution in [0, 0.1) is 0 Å². The molecular formula is C13H19N3O2S2. The van der Waals surface area contributed by atoms with Gasteiger partial charge in [0.2, 0.25) is 5.91 Å². The van der Waals surface area contributed by atoms with Crippen LogP contribution in [0.15, 0.2) is 11.6 Å². The van der Waals surface area contributed by atoms with Gasteiger partial charge in [-0.3, -0.25) is 4.79 Å². The third-order valence-electron chi connectivity index (χ3n) is 3.57. The quantitative estimate of drug-likeness (QED) is 0.907. The van der Waals surface area contributed by atoms with Gasteiger partial charge in [-0.15, -0.1) is 11.3 Å². The minimum absolute atomic E-state index is 0.0543. The number of morpholine rings is 1. The van der Waals surface area contributed by atoms with Crippen molar-refractivity contribution in [3.05, 3.63) is 16.6 Å². The van der Waals surface area contributed by atoms with Crippen LogP contribution in [0.3, 0.4) is 0 Å². The van der Waals surface area contributed by atoms with Crippen LogP contribution >= 0.6 is 23.1 Å². The van der Waals surface area contributed by atoms with E-state index in [1.807, 2.05) is 22.0 Å². The highest BCUT2D eigenvalue weighted by Crippen LogP contribution is 2.24. The van der Waals surface area contributed by atoms with Crippen molar-refractivity contribution in [3.8, 4) is 0 Å². The van der Waals surface area contributed by atoms with E-state index in [0.29, 0.717) is 32.2 Å². The standard InChI is InChI=1S/C13H19N3O2S2/c17-12(7-10-9-19-5-1-14-10)16-3-4-18-11(8-16)13-15-2-6-20-13/h2,6,10-11,14H,1,3-5,7-9H2. The first-order chi connectivity index (χ1) is 9.83. The smallest absolute Gasteiger partial charge is 0.224 e. The number of amides is 1. The molecule has 0 radical (unpaired) electrons. The lowest BCUT2D eigenvalue weighted by molar-refractivity contribution is -0.139. The molecule has 0 aliphatic carbocycles. The normalized spacial score (nSPS) is 27.5. The summed E-state index contributed by atoms with van der Waals surface area (Å²) in [5, 5.41) is 6.33. The Morgan fingerprint density at radius 2 is 2.55 bits per heavy atom. The van der Waals surface area contributed by atoms with Crippen LogP contribution in [0.5, 0.6) is 0 Å². The van der Waals surface area contributed by atoms with E-state index in [4.69, 9.17) is 4.74 Å². The Hall–Kier alpha value is -0.630. The van der Waals surface area contributed by atoms with Crippen LogP contribution in [0.2, 0.25) is 0 Å². The lowest BCUT2D eigenvalue weighted by atomic mass is 10.2. The molecular weight excluding hydrogens is 294 g/mol. The van der Waals surface area contributed by atoms with Crippen LogP contribution < -0.4 is 5.32 Å². The van der Waals surface area contributed by atoms with Crippen molar-refractivity contribution in [2.75, 3.05) is 37.7 Å². The predicted molar refractivity (Wildman–Crippen MR) is 81.1 cm³/mol. The number of rotatable bonds is 3. The Kier molecular flexibility index (Phi) is 4.93. The van der Waals surface area contributed by atoms with E-state index in [1.54, 1.807) is 17.5 Å². The Bertz CT molecular complexity index is 435. The summed E-state index contributed by atoms with van der Waals surface area (Å²) in [7, 11) is 0. The zero-order valence-corrected chi connectivity index (χ0v) is 12.9. The molecule has 20 heavy (non-hydrogen) atoms. The topological polar surface area (TPSA) is 54.5 Å². The van der Waals surface area contributed by atoms with E-state index >= 15 is 0 Å². The summed E-state index contributed by atoms with van der Waals surface area (Å²) in [6.07, 6.45) is 2.33. The first-order valence-electron chi connectivity index (χ1n) is 6.93. The minimum Gasteiger partial charge on any atom is -0.367 e. The molecule has 2 aliphatic heterocycles. The highest BCUT2D eigenvalue weighted by Gasteiger charge is 2.28. The van der Waals surface area contributed by atoms with E-state index in [-0.39, 0.29) is 12.0 Å². The Morgan fingerprint density at radius 3 is 3.30 bits per heavy atom. The molecule has 1 amide bonds. The second-order valence-electron chi connectivity index (χ2n) is 5.00. The van der Waals surface area contributed by atoms with Gasteiger partial charge in [-0.25, -0.2) is 4.98 Å². The maximum absolute atomic E-state index is 12.4. The van der Waals surface area contributed by atoms with E-state index in [2.05, 4.69) is 10.3 Å². The Labute approximate surface area is 127 Å². The second kappa shape index (κ2) is 6.89. The van der Waals surface area contributed by atoms with Gasteiger partial charge < -0.3 is 15.0 Å². The maximum Gasteiger partial charge on any atom is 0.224 e. The number of thioether (sulfide) groups is 1. The number of nitrogens with zero attached hydrogens (tertiary/aromatic N) is 2. The highest BCUT2D eigenvalue weighted by atomic mass is 32.2. The van der Waals surface area contributed by atoms with Crippen molar-refractivity contribution >= 4 is 29.0 Å². The molecule has 1 aromatic rings. The monoisotopic (exact) mass is 313 g/mol. The molecule has 3 heterocycles. The van der Waals surface area contributed by atoms with Gasteiger partial charge in [-0.1, -0.05) is 0 Å². The van der Waals surface area contributed by atoms with Crippen molar-refractivity contribution in [2.24, 2.45) is 0 Å². The zero-order valence-electron chi connectivity index (χ0n) is 11.3. The Morgan fingerprint density at radius 1 is 1.60 bits per heavy atom. The van der Waals surface area contributed by atoms with Crippen molar-refractivity contribution in [1.82, 2.24) is 15.2 Å². The molecule has 2 aliphatic rings. The molecule has 0 saturated carbocycles. The molecule has 2 fully saturated rings. The van der Waals surface area contributed by atoms with Gasteiger partial charge in [0.05, 0.1) is 13.2 Å². The van der Waals surface area contributed by atoms with Crippen LogP contribution in [0.1, 0.15) is 17.5 Å². The van der Waals surface area contributed by atoms with Crippen molar-refractivity contribution < 1.29 is 9.53 Å². The Balaban J connectivity index is 1.54. The number of aromatic nitrogens is 1. The van der Waals surface area contributed by atoms with Gasteiger partial charge in [0.25, 0.3) is 0 Å². The summed E-state index contributed by atoms with van der Waals surface area (Å²) in [4.78, 5) is 18.6. The van der Waals surface area contributed by atoms with E-state index in [1.165, 1.54) is 0 Å². The maximum atomic E-state index is 12.4. The summed E-state index contributed by atoms with van der Waals surface area (Å²) in [5.74, 6) is 2.41. The molecule has 7 heteroatoms. The lowest BCUT2D eigenvalue weighted by Crippen LogP contribution is -2.46. The number of thiazole rings is 1. The molecule has 3 rings (SSSR count). The molecule has 5 nitrogen and oxygen atoms in total. The molecule has 2 atom stereocenters. The molecule has 2 unspecified atom stereocenters. The molecule has 0 bridgehead atoms. The summed E-state index contributed by atoms with van der Waals surface area (Å²) in [5.41, 5.74) is 0. The third kappa shape index (κ3) is 3.52. The highest BCUT2D eigenvalue weighted by molar-refractivity contribution is 7.99.